The van der Waals surface area contributed by atoms with Gasteiger partial charge in [-0.15, -0.1) is 0 Å². The largest absolute Gasteiger partial charge is 0.444 e. The van der Waals surface area contributed by atoms with Gasteiger partial charge >= 0.3 is 6.09 Å². The lowest BCUT2D eigenvalue weighted by atomic mass is 9.93. The zero-order chi connectivity index (χ0) is 22.3. The van der Waals surface area contributed by atoms with Crippen molar-refractivity contribution in [1.82, 2.24) is 15.5 Å². The van der Waals surface area contributed by atoms with E-state index in [-0.39, 0.29) is 35.4 Å². The fourth-order valence-electron chi connectivity index (χ4n) is 4.09. The number of alkyl carbamates (subject to hydrolysis) is 1. The topological polar surface area (TPSA) is 117 Å². The fourth-order valence-corrected chi connectivity index (χ4v) is 4.09. The van der Waals surface area contributed by atoms with Crippen molar-refractivity contribution in [2.24, 2.45) is 5.92 Å². The lowest BCUT2D eigenvalue weighted by Crippen LogP contribution is -2.37. The van der Waals surface area contributed by atoms with Crippen molar-refractivity contribution >= 4 is 23.5 Å². The number of amides is 2. The van der Waals surface area contributed by atoms with E-state index in [2.05, 4.69) is 26.1 Å². The Morgan fingerprint density at radius 3 is 2.97 bits per heavy atom. The summed E-state index contributed by atoms with van der Waals surface area (Å²) in [5, 5.41) is 15.9. The molecule has 2 fully saturated rings. The van der Waals surface area contributed by atoms with Gasteiger partial charge in [-0.1, -0.05) is 0 Å². The molecule has 32 heavy (non-hydrogen) atoms. The second-order valence-corrected chi connectivity index (χ2v) is 9.05. The summed E-state index contributed by atoms with van der Waals surface area (Å²) in [6.45, 7) is 2.76. The molecule has 2 amide bonds. The minimum absolute atomic E-state index is 0.128. The summed E-state index contributed by atoms with van der Waals surface area (Å²) in [5.41, 5.74) is 2.21. The van der Waals surface area contributed by atoms with Gasteiger partial charge in [0.2, 0.25) is 5.91 Å². The predicted molar refractivity (Wildman–Crippen MR) is 114 cm³/mol. The number of anilines is 2. The van der Waals surface area contributed by atoms with Crippen molar-refractivity contribution in [1.29, 1.82) is 0 Å². The highest BCUT2D eigenvalue weighted by molar-refractivity contribution is 5.92. The van der Waals surface area contributed by atoms with Gasteiger partial charge in [0.1, 0.15) is 18.0 Å². The molecule has 3 atom stereocenters. The second-order valence-electron chi connectivity index (χ2n) is 9.05. The van der Waals surface area contributed by atoms with Crippen LogP contribution in [0.5, 0.6) is 0 Å². The van der Waals surface area contributed by atoms with Gasteiger partial charge in [0.25, 0.3) is 0 Å². The third-order valence-corrected chi connectivity index (χ3v) is 6.28. The van der Waals surface area contributed by atoms with E-state index < -0.39 is 6.09 Å². The lowest BCUT2D eigenvalue weighted by Gasteiger charge is -2.25. The molecule has 1 aromatic carbocycles. The molecule has 1 saturated carbocycles. The van der Waals surface area contributed by atoms with Crippen LogP contribution in [0.2, 0.25) is 0 Å². The Morgan fingerprint density at radius 2 is 2.16 bits per heavy atom. The number of halogens is 1. The van der Waals surface area contributed by atoms with E-state index in [0.29, 0.717) is 37.5 Å². The standard InChI is InChI=1S/C22H26FN5O4/c1-22(4-5-22)26-21(30)32-15-8-18(31-11-15)17-9-19(28-27-17)25-20(29)13-6-12-7-14(23)2-3-16(12)24-10-13/h2-3,7,9,13,15,18,24H,4-6,8,10-11H2,1H3,(H,26,30)(H2,25,27,28,29). The van der Waals surface area contributed by atoms with Gasteiger partial charge in [-0.05, 0) is 49.9 Å². The monoisotopic (exact) mass is 443 g/mol. The van der Waals surface area contributed by atoms with Gasteiger partial charge in [0.15, 0.2) is 5.82 Å². The molecule has 0 spiro atoms. The third-order valence-electron chi connectivity index (χ3n) is 6.28. The van der Waals surface area contributed by atoms with Crippen molar-refractivity contribution < 1.29 is 23.5 Å². The van der Waals surface area contributed by atoms with E-state index in [1.54, 1.807) is 12.1 Å². The van der Waals surface area contributed by atoms with Crippen molar-refractivity contribution in [3.8, 4) is 0 Å². The van der Waals surface area contributed by atoms with Crippen LogP contribution in [0, 0.1) is 11.7 Å². The van der Waals surface area contributed by atoms with Crippen LogP contribution in [0.1, 0.15) is 43.5 Å². The first-order valence-electron chi connectivity index (χ1n) is 10.9. The molecule has 1 saturated heterocycles. The summed E-state index contributed by atoms with van der Waals surface area (Å²) in [5.74, 6) is -0.454. The highest BCUT2D eigenvalue weighted by Crippen LogP contribution is 2.35. The second kappa shape index (κ2) is 8.09. The Balaban J connectivity index is 1.13. The first-order valence-corrected chi connectivity index (χ1v) is 10.9. The van der Waals surface area contributed by atoms with Gasteiger partial charge < -0.3 is 25.4 Å². The number of nitrogens with zero attached hydrogens (tertiary/aromatic N) is 1. The number of H-pyrrole nitrogens is 1. The highest BCUT2D eigenvalue weighted by Gasteiger charge is 2.40. The first kappa shape index (κ1) is 20.7. The maximum absolute atomic E-state index is 13.5. The number of aromatic nitrogens is 2. The summed E-state index contributed by atoms with van der Waals surface area (Å²) in [6, 6.07) is 6.26. The van der Waals surface area contributed by atoms with E-state index in [9.17, 15) is 14.0 Å². The van der Waals surface area contributed by atoms with Crippen LogP contribution < -0.4 is 16.0 Å². The summed E-state index contributed by atoms with van der Waals surface area (Å²) < 4.78 is 24.7. The number of benzene rings is 1. The van der Waals surface area contributed by atoms with Crippen molar-refractivity contribution in [3.63, 3.8) is 0 Å². The third kappa shape index (κ3) is 4.55. The maximum atomic E-state index is 13.5. The van der Waals surface area contributed by atoms with E-state index in [1.807, 2.05) is 6.92 Å². The first-order chi connectivity index (χ1) is 15.4. The highest BCUT2D eigenvalue weighted by atomic mass is 19.1. The van der Waals surface area contributed by atoms with E-state index in [1.165, 1.54) is 12.1 Å². The number of hydrogen-bond acceptors (Lipinski definition) is 6. The summed E-state index contributed by atoms with van der Waals surface area (Å²) >= 11 is 0. The number of aromatic amines is 1. The molecule has 4 N–H and O–H groups in total. The molecule has 2 aliphatic heterocycles. The Bertz CT molecular complexity index is 1040. The molecule has 3 unspecified atom stereocenters. The Hall–Kier alpha value is -3.14. The molecule has 0 radical (unpaired) electrons. The minimum atomic E-state index is -0.417. The molecule has 2 aromatic rings. The van der Waals surface area contributed by atoms with Crippen LogP contribution in [0.25, 0.3) is 0 Å². The SMILES string of the molecule is CC1(NC(=O)OC2COC(c3cc(NC(=O)C4CNc5ccc(F)cc5C4)n[nH]3)C2)CC1. The van der Waals surface area contributed by atoms with Crippen molar-refractivity contribution in [2.75, 3.05) is 23.8 Å². The van der Waals surface area contributed by atoms with Crippen LogP contribution in [-0.4, -0.2) is 47.0 Å². The maximum Gasteiger partial charge on any atom is 0.407 e. The van der Waals surface area contributed by atoms with Crippen LogP contribution in [0.4, 0.5) is 20.7 Å². The number of carbonyl (C=O) groups is 2. The molecule has 3 heterocycles. The summed E-state index contributed by atoms with van der Waals surface area (Å²) in [7, 11) is 0. The number of rotatable bonds is 5. The lowest BCUT2D eigenvalue weighted by molar-refractivity contribution is -0.119. The van der Waals surface area contributed by atoms with E-state index >= 15 is 0 Å². The van der Waals surface area contributed by atoms with Gasteiger partial charge in [-0.3, -0.25) is 9.89 Å². The summed E-state index contributed by atoms with van der Waals surface area (Å²) in [6.07, 6.45) is 1.85. The molecule has 1 aromatic heterocycles. The predicted octanol–water partition coefficient (Wildman–Crippen LogP) is 2.88. The van der Waals surface area contributed by atoms with E-state index in [0.717, 1.165) is 24.1 Å². The molecule has 170 valence electrons. The van der Waals surface area contributed by atoms with Crippen LogP contribution >= 0.6 is 0 Å². The molecule has 9 nitrogen and oxygen atoms in total. The van der Waals surface area contributed by atoms with Crippen LogP contribution in [0.15, 0.2) is 24.3 Å². The summed E-state index contributed by atoms with van der Waals surface area (Å²) in [4.78, 5) is 24.7. The normalized spacial score (nSPS) is 25.4. The minimum Gasteiger partial charge on any atom is -0.444 e. The number of nitrogens with one attached hydrogen (secondary N) is 4. The van der Waals surface area contributed by atoms with Crippen molar-refractivity contribution in [3.05, 3.63) is 41.3 Å². The zero-order valence-corrected chi connectivity index (χ0v) is 17.7. The van der Waals surface area contributed by atoms with Gasteiger partial charge in [0.05, 0.1) is 18.2 Å². The average molecular weight is 443 g/mol. The Labute approximate surface area is 184 Å². The van der Waals surface area contributed by atoms with Gasteiger partial charge in [-0.25, -0.2) is 9.18 Å². The average Bonchev–Trinajstić information content (AvgIpc) is 3.14. The quantitative estimate of drug-likeness (QED) is 0.565. The molecular weight excluding hydrogens is 417 g/mol. The molecule has 3 aliphatic rings. The molecular formula is C22H26FN5O4. The van der Waals surface area contributed by atoms with Crippen molar-refractivity contribution in [2.45, 2.75) is 50.4 Å². The molecule has 0 bridgehead atoms. The fraction of sp³-hybridized carbons (Fsp3) is 0.500. The molecule has 5 rings (SSSR count). The van der Waals surface area contributed by atoms with Crippen LogP contribution in [-0.2, 0) is 20.7 Å². The van der Waals surface area contributed by atoms with Gasteiger partial charge in [-0.2, -0.15) is 5.10 Å². The number of hydrogen-bond donors (Lipinski definition) is 4. The number of carbonyl (C=O) groups excluding carboxylic acids is 2. The Morgan fingerprint density at radius 1 is 1.31 bits per heavy atom. The zero-order valence-electron chi connectivity index (χ0n) is 17.7. The number of fused-ring (bicyclic) bond motifs is 1. The van der Waals surface area contributed by atoms with E-state index in [4.69, 9.17) is 9.47 Å². The molecule has 1 aliphatic carbocycles. The number of ether oxygens (including phenoxy) is 2. The van der Waals surface area contributed by atoms with Gasteiger partial charge in [0, 0.05) is 30.3 Å². The Kier molecular flexibility index (Phi) is 5.24. The molecule has 10 heteroatoms. The van der Waals surface area contributed by atoms with Crippen LogP contribution in [0.3, 0.4) is 0 Å². The smallest absolute Gasteiger partial charge is 0.407 e.